The van der Waals surface area contributed by atoms with E-state index in [9.17, 15) is 4.79 Å². The predicted octanol–water partition coefficient (Wildman–Crippen LogP) is 3.50. The fourth-order valence-electron chi connectivity index (χ4n) is 3.41. The van der Waals surface area contributed by atoms with Gasteiger partial charge in [0, 0.05) is 19.2 Å². The van der Waals surface area contributed by atoms with Crippen LogP contribution in [-0.4, -0.2) is 27.4 Å². The van der Waals surface area contributed by atoms with E-state index >= 15 is 0 Å². The normalized spacial score (nSPS) is 15.0. The predicted molar refractivity (Wildman–Crippen MR) is 93.3 cm³/mol. The Bertz CT molecular complexity index is 869. The Morgan fingerprint density at radius 3 is 2.71 bits per heavy atom. The quantitative estimate of drug-likeness (QED) is 0.738. The van der Waals surface area contributed by atoms with Crippen LogP contribution in [0.15, 0.2) is 67.1 Å². The van der Waals surface area contributed by atoms with Gasteiger partial charge in [-0.3, -0.25) is 4.79 Å². The molecule has 4 heteroatoms. The van der Waals surface area contributed by atoms with Gasteiger partial charge in [0.05, 0.1) is 30.7 Å². The lowest BCUT2D eigenvalue weighted by molar-refractivity contribution is -0.131. The summed E-state index contributed by atoms with van der Waals surface area (Å²) in [5, 5.41) is 0. The molecule has 1 atom stereocenters. The Hall–Kier alpha value is -2.88. The largest absolute Gasteiger partial charge is 0.341 e. The van der Waals surface area contributed by atoms with Gasteiger partial charge in [0.2, 0.25) is 5.91 Å². The lowest BCUT2D eigenvalue weighted by atomic mass is 10.0. The van der Waals surface area contributed by atoms with E-state index in [0.717, 1.165) is 11.3 Å². The first kappa shape index (κ1) is 14.7. The molecule has 0 fully saturated rings. The molecule has 2 aromatic carbocycles. The molecule has 0 saturated heterocycles. The van der Waals surface area contributed by atoms with Gasteiger partial charge < -0.3 is 9.47 Å². The second kappa shape index (κ2) is 5.96. The molecule has 4 rings (SSSR count). The van der Waals surface area contributed by atoms with Gasteiger partial charge in [-0.15, -0.1) is 0 Å². The first-order valence-electron chi connectivity index (χ1n) is 8.13. The zero-order valence-corrected chi connectivity index (χ0v) is 13.6. The third kappa shape index (κ3) is 2.50. The molecule has 1 aromatic heterocycles. The summed E-state index contributed by atoms with van der Waals surface area (Å²) in [7, 11) is 1.87. The van der Waals surface area contributed by atoms with Crippen LogP contribution in [0.5, 0.6) is 0 Å². The molecule has 0 saturated carbocycles. The number of carbonyl (C=O) groups excluding carboxylic acids is 1. The van der Waals surface area contributed by atoms with Crippen molar-refractivity contribution in [2.24, 2.45) is 0 Å². The smallest absolute Gasteiger partial charge is 0.225 e. The van der Waals surface area contributed by atoms with Crippen molar-refractivity contribution in [3.8, 4) is 11.3 Å². The Labute approximate surface area is 141 Å². The fraction of sp³-hybridized carbons (Fsp3) is 0.200. The van der Waals surface area contributed by atoms with Crippen molar-refractivity contribution in [1.29, 1.82) is 0 Å². The highest BCUT2D eigenvalue weighted by molar-refractivity contribution is 5.79. The molecule has 120 valence electrons. The highest BCUT2D eigenvalue weighted by atomic mass is 16.2. The number of aromatic nitrogens is 2. The van der Waals surface area contributed by atoms with Crippen LogP contribution in [-0.2, 0) is 11.3 Å². The van der Waals surface area contributed by atoms with E-state index in [0.29, 0.717) is 13.0 Å². The van der Waals surface area contributed by atoms with E-state index < -0.39 is 0 Å². The summed E-state index contributed by atoms with van der Waals surface area (Å²) in [4.78, 5) is 18.8. The maximum Gasteiger partial charge on any atom is 0.225 e. The minimum absolute atomic E-state index is 0.0319. The molecule has 1 aliphatic rings. The maximum atomic E-state index is 12.7. The molecule has 0 bridgehead atoms. The first-order chi connectivity index (χ1) is 11.7. The van der Waals surface area contributed by atoms with Crippen molar-refractivity contribution >= 4 is 5.91 Å². The van der Waals surface area contributed by atoms with Crippen molar-refractivity contribution in [1.82, 2.24) is 14.5 Å². The Morgan fingerprint density at radius 1 is 1.12 bits per heavy atom. The fourth-order valence-corrected chi connectivity index (χ4v) is 3.41. The number of rotatable bonds is 4. The number of amides is 1. The highest BCUT2D eigenvalue weighted by Crippen LogP contribution is 2.40. The number of nitrogens with zero attached hydrogens (tertiary/aromatic N) is 3. The second-order valence-electron chi connectivity index (χ2n) is 6.23. The monoisotopic (exact) mass is 317 g/mol. The molecule has 0 spiro atoms. The number of fused-ring (bicyclic) bond motifs is 3. The molecule has 24 heavy (non-hydrogen) atoms. The zero-order valence-electron chi connectivity index (χ0n) is 13.6. The van der Waals surface area contributed by atoms with Crippen LogP contribution in [0, 0.1) is 0 Å². The SMILES string of the molecule is CN(Cc1ccccc1)C(=O)CC1c2ccccc2-c2cncn21. The second-order valence-corrected chi connectivity index (χ2v) is 6.23. The van der Waals surface area contributed by atoms with Crippen LogP contribution in [0.3, 0.4) is 0 Å². The Balaban J connectivity index is 1.54. The summed E-state index contributed by atoms with van der Waals surface area (Å²) in [5.74, 6) is 0.139. The molecule has 1 aliphatic heterocycles. The van der Waals surface area contributed by atoms with Crippen LogP contribution in [0.2, 0.25) is 0 Å². The lowest BCUT2D eigenvalue weighted by Gasteiger charge is -2.21. The lowest BCUT2D eigenvalue weighted by Crippen LogP contribution is -2.28. The van der Waals surface area contributed by atoms with Gasteiger partial charge in [-0.25, -0.2) is 4.98 Å². The Kier molecular flexibility index (Phi) is 3.65. The van der Waals surface area contributed by atoms with Crippen molar-refractivity contribution in [2.75, 3.05) is 7.05 Å². The van der Waals surface area contributed by atoms with E-state index in [-0.39, 0.29) is 11.9 Å². The van der Waals surface area contributed by atoms with Crippen LogP contribution < -0.4 is 0 Å². The minimum Gasteiger partial charge on any atom is -0.341 e. The van der Waals surface area contributed by atoms with E-state index in [1.54, 1.807) is 4.90 Å². The van der Waals surface area contributed by atoms with E-state index in [2.05, 4.69) is 21.7 Å². The van der Waals surface area contributed by atoms with Crippen LogP contribution in [0.1, 0.15) is 23.6 Å². The molecule has 4 nitrogen and oxygen atoms in total. The standard InChI is InChI=1S/C20H19N3O/c1-22(13-15-7-3-2-4-8-15)20(24)11-18-16-9-5-6-10-17(16)19-12-21-14-23(18)19/h2-10,12,14,18H,11,13H2,1H3. The molecule has 0 aliphatic carbocycles. The molecular weight excluding hydrogens is 298 g/mol. The number of hydrogen-bond acceptors (Lipinski definition) is 2. The summed E-state index contributed by atoms with van der Waals surface area (Å²) < 4.78 is 2.11. The molecule has 0 radical (unpaired) electrons. The zero-order chi connectivity index (χ0) is 16.5. The minimum atomic E-state index is 0.0319. The maximum absolute atomic E-state index is 12.7. The number of carbonyl (C=O) groups is 1. The van der Waals surface area contributed by atoms with Gasteiger partial charge in [-0.1, -0.05) is 54.6 Å². The van der Waals surface area contributed by atoms with Gasteiger partial charge in [0.1, 0.15) is 0 Å². The number of imidazole rings is 1. The summed E-state index contributed by atoms with van der Waals surface area (Å²) >= 11 is 0. The van der Waals surface area contributed by atoms with Crippen LogP contribution in [0.4, 0.5) is 0 Å². The van der Waals surface area contributed by atoms with Gasteiger partial charge in [0.15, 0.2) is 0 Å². The van der Waals surface area contributed by atoms with Gasteiger partial charge >= 0.3 is 0 Å². The van der Waals surface area contributed by atoms with Crippen molar-refractivity contribution in [3.63, 3.8) is 0 Å². The molecule has 1 unspecified atom stereocenters. The molecule has 3 aromatic rings. The van der Waals surface area contributed by atoms with Gasteiger partial charge in [0.25, 0.3) is 0 Å². The third-order valence-corrected chi connectivity index (χ3v) is 4.65. The van der Waals surface area contributed by atoms with E-state index in [4.69, 9.17) is 0 Å². The summed E-state index contributed by atoms with van der Waals surface area (Å²) in [5.41, 5.74) is 4.62. The third-order valence-electron chi connectivity index (χ3n) is 4.65. The van der Waals surface area contributed by atoms with Crippen LogP contribution in [0.25, 0.3) is 11.3 Å². The highest BCUT2D eigenvalue weighted by Gasteiger charge is 2.30. The molecule has 0 N–H and O–H groups in total. The van der Waals surface area contributed by atoms with Crippen LogP contribution >= 0.6 is 0 Å². The van der Waals surface area contributed by atoms with Crippen molar-refractivity contribution in [3.05, 3.63) is 78.2 Å². The average molecular weight is 317 g/mol. The Morgan fingerprint density at radius 2 is 1.88 bits per heavy atom. The summed E-state index contributed by atoms with van der Waals surface area (Å²) in [6.45, 7) is 0.630. The average Bonchev–Trinajstić information content (AvgIpc) is 3.19. The van der Waals surface area contributed by atoms with Gasteiger partial charge in [-0.05, 0) is 11.1 Å². The van der Waals surface area contributed by atoms with E-state index in [1.807, 2.05) is 62.0 Å². The summed E-state index contributed by atoms with van der Waals surface area (Å²) in [6.07, 6.45) is 4.14. The van der Waals surface area contributed by atoms with Crippen molar-refractivity contribution in [2.45, 2.75) is 19.0 Å². The van der Waals surface area contributed by atoms with Gasteiger partial charge in [-0.2, -0.15) is 0 Å². The molecule has 2 heterocycles. The first-order valence-corrected chi connectivity index (χ1v) is 8.13. The topological polar surface area (TPSA) is 38.1 Å². The van der Waals surface area contributed by atoms with Crippen molar-refractivity contribution < 1.29 is 4.79 Å². The van der Waals surface area contributed by atoms with E-state index in [1.165, 1.54) is 11.1 Å². The number of hydrogen-bond donors (Lipinski definition) is 0. The molecule has 1 amide bonds. The molecular formula is C20H19N3O. The summed E-state index contributed by atoms with van der Waals surface area (Å²) in [6, 6.07) is 18.4. The number of benzene rings is 2.